The van der Waals surface area contributed by atoms with Crippen LogP contribution in [-0.2, 0) is 6.54 Å². The number of nitrogens with one attached hydrogen (secondary N) is 2. The summed E-state index contributed by atoms with van der Waals surface area (Å²) < 4.78 is 11.1. The van der Waals surface area contributed by atoms with E-state index in [0.29, 0.717) is 13.2 Å². The van der Waals surface area contributed by atoms with Crippen molar-refractivity contribution in [3.05, 3.63) is 59.2 Å². The van der Waals surface area contributed by atoms with E-state index in [1.807, 2.05) is 30.3 Å². The Morgan fingerprint density at radius 2 is 2.07 bits per heavy atom. The van der Waals surface area contributed by atoms with Gasteiger partial charge in [0.1, 0.15) is 11.5 Å². The number of rotatable bonds is 5. The predicted molar refractivity (Wildman–Crippen MR) is 120 cm³/mol. The van der Waals surface area contributed by atoms with Gasteiger partial charge in [-0.3, -0.25) is 0 Å². The van der Waals surface area contributed by atoms with Gasteiger partial charge in [0, 0.05) is 18.5 Å². The first-order valence-electron chi connectivity index (χ1n) is 9.10. The Morgan fingerprint density at radius 3 is 2.85 bits per heavy atom. The summed E-state index contributed by atoms with van der Waals surface area (Å²) in [5.74, 6) is 2.64. The molecule has 146 valence electrons. The van der Waals surface area contributed by atoms with E-state index in [1.54, 1.807) is 7.11 Å². The molecule has 0 radical (unpaired) electrons. The fourth-order valence-corrected chi connectivity index (χ4v) is 3.18. The van der Waals surface area contributed by atoms with Crippen molar-refractivity contribution in [1.82, 2.24) is 10.6 Å². The van der Waals surface area contributed by atoms with Crippen LogP contribution >= 0.6 is 24.0 Å². The molecule has 1 unspecified atom stereocenters. The number of nitrogens with zero attached hydrogens (tertiary/aromatic N) is 1. The van der Waals surface area contributed by atoms with Crippen LogP contribution in [0.15, 0.2) is 47.5 Å². The van der Waals surface area contributed by atoms with E-state index < -0.39 is 0 Å². The second-order valence-corrected chi connectivity index (χ2v) is 6.43. The van der Waals surface area contributed by atoms with Crippen molar-refractivity contribution in [2.75, 3.05) is 20.3 Å². The van der Waals surface area contributed by atoms with E-state index in [0.717, 1.165) is 36.0 Å². The second kappa shape index (κ2) is 10.4. The number of aryl methyl sites for hydroxylation is 1. The average Bonchev–Trinajstić information content (AvgIpc) is 2.66. The Balaban J connectivity index is 0.00000261. The van der Waals surface area contributed by atoms with Crippen LogP contribution in [0.3, 0.4) is 0 Å². The third-order valence-electron chi connectivity index (χ3n) is 4.38. The highest BCUT2D eigenvalue weighted by atomic mass is 127. The normalized spacial score (nSPS) is 15.8. The number of hydrogen-bond donors (Lipinski definition) is 2. The Morgan fingerprint density at radius 1 is 1.26 bits per heavy atom. The Kier molecular flexibility index (Phi) is 8.22. The number of fused-ring (bicyclic) bond motifs is 1. The highest BCUT2D eigenvalue weighted by molar-refractivity contribution is 14.0. The topological polar surface area (TPSA) is 54.9 Å². The summed E-state index contributed by atoms with van der Waals surface area (Å²) in [7, 11) is 1.69. The second-order valence-electron chi connectivity index (χ2n) is 6.43. The van der Waals surface area contributed by atoms with Gasteiger partial charge in [0.15, 0.2) is 5.96 Å². The van der Waals surface area contributed by atoms with Gasteiger partial charge in [-0.15, -0.1) is 24.0 Å². The molecule has 0 spiro atoms. The minimum atomic E-state index is 0. The average molecular weight is 481 g/mol. The van der Waals surface area contributed by atoms with Crippen molar-refractivity contribution >= 4 is 29.9 Å². The zero-order valence-corrected chi connectivity index (χ0v) is 18.4. The van der Waals surface area contributed by atoms with Gasteiger partial charge in [-0.25, -0.2) is 4.99 Å². The van der Waals surface area contributed by atoms with Crippen LogP contribution in [0.2, 0.25) is 0 Å². The molecule has 5 nitrogen and oxygen atoms in total. The molecule has 0 aliphatic carbocycles. The van der Waals surface area contributed by atoms with Gasteiger partial charge in [-0.2, -0.15) is 0 Å². The van der Waals surface area contributed by atoms with E-state index in [2.05, 4.69) is 36.6 Å². The van der Waals surface area contributed by atoms with Gasteiger partial charge in [-0.1, -0.05) is 24.3 Å². The zero-order chi connectivity index (χ0) is 18.4. The molecule has 0 saturated carbocycles. The van der Waals surface area contributed by atoms with Crippen molar-refractivity contribution in [3.8, 4) is 11.5 Å². The van der Waals surface area contributed by atoms with Crippen LogP contribution < -0.4 is 20.1 Å². The van der Waals surface area contributed by atoms with Crippen LogP contribution in [0.25, 0.3) is 0 Å². The first-order chi connectivity index (χ1) is 12.7. The molecule has 0 amide bonds. The van der Waals surface area contributed by atoms with Crippen molar-refractivity contribution < 1.29 is 9.47 Å². The van der Waals surface area contributed by atoms with Gasteiger partial charge >= 0.3 is 0 Å². The number of para-hydroxylation sites is 1. The van der Waals surface area contributed by atoms with Crippen molar-refractivity contribution in [2.24, 2.45) is 4.99 Å². The molecule has 0 bridgehead atoms. The van der Waals surface area contributed by atoms with Gasteiger partial charge in [0.25, 0.3) is 0 Å². The smallest absolute Gasteiger partial charge is 0.192 e. The lowest BCUT2D eigenvalue weighted by Crippen LogP contribution is -2.41. The summed E-state index contributed by atoms with van der Waals surface area (Å²) in [6.45, 7) is 6.26. The molecular formula is C21H28IN3O2. The standard InChI is InChI=1S/C21H27N3O2.HI/c1-4-22-21(23-14-16-11-15(2)12-17(13-16)25-3)24-19-9-10-26-20-8-6-5-7-18(19)20;/h5-8,11-13,19H,4,9-10,14H2,1-3H3,(H2,22,23,24);1H. The molecule has 1 atom stereocenters. The molecule has 0 fully saturated rings. The fraction of sp³-hybridized carbons (Fsp3) is 0.381. The Labute approximate surface area is 178 Å². The van der Waals surface area contributed by atoms with Crippen molar-refractivity contribution in [2.45, 2.75) is 32.9 Å². The number of aliphatic imine (C=N–C) groups is 1. The molecule has 27 heavy (non-hydrogen) atoms. The number of hydrogen-bond acceptors (Lipinski definition) is 3. The summed E-state index contributed by atoms with van der Waals surface area (Å²) in [6, 6.07) is 14.6. The fourth-order valence-electron chi connectivity index (χ4n) is 3.18. The number of ether oxygens (including phenoxy) is 2. The molecule has 2 aromatic carbocycles. The summed E-state index contributed by atoms with van der Waals surface area (Å²) >= 11 is 0. The first kappa shape index (κ1) is 21.3. The van der Waals surface area contributed by atoms with Crippen LogP contribution in [-0.4, -0.2) is 26.2 Å². The quantitative estimate of drug-likeness (QED) is 0.382. The number of halogens is 1. The number of benzene rings is 2. The van der Waals surface area contributed by atoms with E-state index >= 15 is 0 Å². The molecule has 1 aliphatic heterocycles. The predicted octanol–water partition coefficient (Wildman–Crippen LogP) is 4.20. The lowest BCUT2D eigenvalue weighted by Gasteiger charge is -2.28. The van der Waals surface area contributed by atoms with Gasteiger partial charge in [0.05, 0.1) is 26.3 Å². The SMILES string of the molecule is CCNC(=NCc1cc(C)cc(OC)c1)NC1CCOc2ccccc21.I. The largest absolute Gasteiger partial charge is 0.497 e. The van der Waals surface area contributed by atoms with Crippen molar-refractivity contribution in [1.29, 1.82) is 0 Å². The van der Waals surface area contributed by atoms with Crippen LogP contribution in [0.4, 0.5) is 0 Å². The van der Waals surface area contributed by atoms with Crippen LogP contribution in [0.1, 0.15) is 36.1 Å². The first-order valence-corrected chi connectivity index (χ1v) is 9.10. The Bertz CT molecular complexity index is 780. The van der Waals surface area contributed by atoms with Gasteiger partial charge < -0.3 is 20.1 Å². The minimum Gasteiger partial charge on any atom is -0.497 e. The molecule has 6 heteroatoms. The highest BCUT2D eigenvalue weighted by Gasteiger charge is 2.21. The molecular weight excluding hydrogens is 453 g/mol. The third kappa shape index (κ3) is 5.76. The monoisotopic (exact) mass is 481 g/mol. The summed E-state index contributed by atoms with van der Waals surface area (Å²) in [4.78, 5) is 4.77. The highest BCUT2D eigenvalue weighted by Crippen LogP contribution is 2.31. The van der Waals surface area contributed by atoms with Crippen LogP contribution in [0, 0.1) is 6.92 Å². The maximum absolute atomic E-state index is 5.75. The number of guanidine groups is 1. The summed E-state index contributed by atoms with van der Waals surface area (Å²) in [5.41, 5.74) is 3.49. The summed E-state index contributed by atoms with van der Waals surface area (Å²) in [6.07, 6.45) is 0.916. The molecule has 2 aromatic rings. The molecule has 2 N–H and O–H groups in total. The maximum atomic E-state index is 5.75. The molecule has 1 aliphatic rings. The molecule has 0 saturated heterocycles. The van der Waals surface area contributed by atoms with Crippen LogP contribution in [0.5, 0.6) is 11.5 Å². The molecule has 0 aromatic heterocycles. The van der Waals surface area contributed by atoms with E-state index in [9.17, 15) is 0 Å². The van der Waals surface area contributed by atoms with E-state index in [4.69, 9.17) is 14.5 Å². The van der Waals surface area contributed by atoms with E-state index in [-0.39, 0.29) is 30.0 Å². The Hall–Kier alpha value is -1.96. The summed E-state index contributed by atoms with van der Waals surface area (Å²) in [5, 5.41) is 6.90. The maximum Gasteiger partial charge on any atom is 0.192 e. The lowest BCUT2D eigenvalue weighted by molar-refractivity contribution is 0.261. The van der Waals surface area contributed by atoms with Crippen molar-refractivity contribution in [3.63, 3.8) is 0 Å². The van der Waals surface area contributed by atoms with E-state index in [1.165, 1.54) is 11.1 Å². The minimum absolute atomic E-state index is 0. The zero-order valence-electron chi connectivity index (χ0n) is 16.1. The lowest BCUT2D eigenvalue weighted by atomic mass is 10.0. The van der Waals surface area contributed by atoms with Gasteiger partial charge in [-0.05, 0) is 43.2 Å². The molecule has 3 rings (SSSR count). The van der Waals surface area contributed by atoms with Gasteiger partial charge in [0.2, 0.25) is 0 Å². The molecule has 1 heterocycles. The number of methoxy groups -OCH3 is 1. The third-order valence-corrected chi connectivity index (χ3v) is 4.38.